The highest BCUT2D eigenvalue weighted by molar-refractivity contribution is 5.80. The van der Waals surface area contributed by atoms with E-state index in [1.54, 1.807) is 14.0 Å². The van der Waals surface area contributed by atoms with E-state index in [0.717, 1.165) is 18.2 Å². The van der Waals surface area contributed by atoms with Crippen LogP contribution in [0.4, 0.5) is 8.78 Å². The fourth-order valence-electron chi connectivity index (χ4n) is 1.57. The third kappa shape index (κ3) is 2.09. The number of carbonyl (C=O) groups excluding carboxylic acids is 1. The highest BCUT2D eigenvalue weighted by atomic mass is 19.1. The smallest absolute Gasteiger partial charge is 0.228 e. The Labute approximate surface area is 102 Å². The van der Waals surface area contributed by atoms with E-state index in [4.69, 9.17) is 4.74 Å². The topological polar surface area (TPSA) is 44.1 Å². The maximum absolute atomic E-state index is 13.4. The fourth-order valence-corrected chi connectivity index (χ4v) is 1.57. The lowest BCUT2D eigenvalue weighted by Crippen LogP contribution is -1.98. The van der Waals surface area contributed by atoms with Gasteiger partial charge in [0.2, 0.25) is 5.88 Å². The van der Waals surface area contributed by atoms with Gasteiger partial charge >= 0.3 is 0 Å². The van der Waals surface area contributed by atoms with Crippen molar-refractivity contribution in [2.24, 2.45) is 7.05 Å². The molecule has 0 unspecified atom stereocenters. The van der Waals surface area contributed by atoms with Crippen molar-refractivity contribution in [3.63, 3.8) is 0 Å². The first kappa shape index (κ1) is 12.2. The van der Waals surface area contributed by atoms with Gasteiger partial charge in [0.15, 0.2) is 17.9 Å². The van der Waals surface area contributed by atoms with Crippen LogP contribution in [0.1, 0.15) is 16.1 Å². The average molecular weight is 252 g/mol. The van der Waals surface area contributed by atoms with Gasteiger partial charge in [0.05, 0.1) is 11.3 Å². The number of nitrogens with zero attached hydrogens (tertiary/aromatic N) is 2. The molecule has 2 rings (SSSR count). The summed E-state index contributed by atoms with van der Waals surface area (Å²) in [6, 6.07) is 2.85. The van der Waals surface area contributed by atoms with Crippen molar-refractivity contribution in [2.75, 3.05) is 0 Å². The predicted molar refractivity (Wildman–Crippen MR) is 59.8 cm³/mol. The molecule has 0 saturated heterocycles. The van der Waals surface area contributed by atoms with Crippen LogP contribution >= 0.6 is 0 Å². The molecular formula is C12H10F2N2O2. The van der Waals surface area contributed by atoms with Gasteiger partial charge < -0.3 is 4.74 Å². The van der Waals surface area contributed by atoms with Crippen LogP contribution < -0.4 is 4.74 Å². The van der Waals surface area contributed by atoms with Crippen LogP contribution in [0.25, 0.3) is 0 Å². The zero-order chi connectivity index (χ0) is 13.3. The number of aromatic nitrogens is 2. The minimum absolute atomic E-state index is 0.0759. The average Bonchev–Trinajstić information content (AvgIpc) is 2.58. The summed E-state index contributed by atoms with van der Waals surface area (Å²) >= 11 is 0. The van der Waals surface area contributed by atoms with Gasteiger partial charge in [-0.2, -0.15) is 5.10 Å². The number of hydrogen-bond acceptors (Lipinski definition) is 3. The summed E-state index contributed by atoms with van der Waals surface area (Å²) in [7, 11) is 1.55. The zero-order valence-electron chi connectivity index (χ0n) is 9.78. The molecule has 0 aliphatic carbocycles. The van der Waals surface area contributed by atoms with Gasteiger partial charge in [-0.05, 0) is 19.1 Å². The summed E-state index contributed by atoms with van der Waals surface area (Å²) in [4.78, 5) is 10.9. The molecule has 1 aromatic heterocycles. The molecule has 0 saturated carbocycles. The minimum Gasteiger partial charge on any atom is -0.435 e. The molecule has 18 heavy (non-hydrogen) atoms. The van der Waals surface area contributed by atoms with E-state index >= 15 is 0 Å². The van der Waals surface area contributed by atoms with E-state index in [1.165, 1.54) is 4.68 Å². The Balaban J connectivity index is 2.45. The van der Waals surface area contributed by atoms with Crippen molar-refractivity contribution in [1.29, 1.82) is 0 Å². The van der Waals surface area contributed by atoms with Crippen molar-refractivity contribution in [1.82, 2.24) is 9.78 Å². The summed E-state index contributed by atoms with van der Waals surface area (Å²) in [5, 5.41) is 3.97. The molecule has 6 heteroatoms. The Hall–Kier alpha value is -2.24. The maximum atomic E-state index is 13.4. The van der Waals surface area contributed by atoms with Crippen LogP contribution in [-0.4, -0.2) is 16.1 Å². The SMILES string of the molecule is Cc1nn(C)c(Oc2cc(F)ccc2F)c1C=O. The van der Waals surface area contributed by atoms with Gasteiger partial charge in [-0.15, -0.1) is 0 Å². The summed E-state index contributed by atoms with van der Waals surface area (Å²) in [6.45, 7) is 1.62. The van der Waals surface area contributed by atoms with E-state index in [0.29, 0.717) is 12.0 Å². The number of rotatable bonds is 3. The number of benzene rings is 1. The van der Waals surface area contributed by atoms with Crippen LogP contribution in [0.5, 0.6) is 11.6 Å². The molecule has 0 aliphatic heterocycles. The number of aryl methyl sites for hydroxylation is 2. The van der Waals surface area contributed by atoms with Crippen molar-refractivity contribution in [3.05, 3.63) is 41.1 Å². The number of aldehydes is 1. The second-order valence-corrected chi connectivity index (χ2v) is 3.72. The van der Waals surface area contributed by atoms with Crippen molar-refractivity contribution in [2.45, 2.75) is 6.92 Å². The third-order valence-electron chi connectivity index (χ3n) is 2.43. The fraction of sp³-hybridized carbons (Fsp3) is 0.167. The summed E-state index contributed by atoms with van der Waals surface area (Å²) in [5.41, 5.74) is 0.667. The Bertz CT molecular complexity index is 608. The van der Waals surface area contributed by atoms with Gasteiger partial charge in [-0.25, -0.2) is 13.5 Å². The third-order valence-corrected chi connectivity index (χ3v) is 2.43. The van der Waals surface area contributed by atoms with Crippen LogP contribution in [0, 0.1) is 18.6 Å². The molecule has 0 N–H and O–H groups in total. The van der Waals surface area contributed by atoms with Gasteiger partial charge in [-0.1, -0.05) is 0 Å². The van der Waals surface area contributed by atoms with E-state index in [1.807, 2.05) is 0 Å². The minimum atomic E-state index is -0.716. The molecule has 0 amide bonds. The summed E-state index contributed by atoms with van der Waals surface area (Å²) in [6.07, 6.45) is 0.564. The largest absolute Gasteiger partial charge is 0.435 e. The van der Waals surface area contributed by atoms with Crippen LogP contribution in [-0.2, 0) is 7.05 Å². The quantitative estimate of drug-likeness (QED) is 0.789. The second-order valence-electron chi connectivity index (χ2n) is 3.72. The van der Waals surface area contributed by atoms with Crippen molar-refractivity contribution < 1.29 is 18.3 Å². The van der Waals surface area contributed by atoms with Crippen LogP contribution in [0.15, 0.2) is 18.2 Å². The van der Waals surface area contributed by atoms with E-state index in [-0.39, 0.29) is 17.2 Å². The number of ether oxygens (including phenoxy) is 1. The lowest BCUT2D eigenvalue weighted by atomic mass is 10.3. The molecule has 0 bridgehead atoms. The number of carbonyl (C=O) groups is 1. The molecule has 1 aromatic carbocycles. The molecule has 4 nitrogen and oxygen atoms in total. The molecule has 0 radical (unpaired) electrons. The number of hydrogen-bond donors (Lipinski definition) is 0. The Morgan fingerprint density at radius 1 is 1.39 bits per heavy atom. The molecule has 2 aromatic rings. The van der Waals surface area contributed by atoms with Gasteiger partial charge in [0, 0.05) is 13.1 Å². The first-order chi connectivity index (χ1) is 8.52. The van der Waals surface area contributed by atoms with Gasteiger partial charge in [0.1, 0.15) is 5.82 Å². The van der Waals surface area contributed by atoms with Crippen molar-refractivity contribution >= 4 is 6.29 Å². The Kier molecular flexibility index (Phi) is 3.10. The van der Waals surface area contributed by atoms with Gasteiger partial charge in [-0.3, -0.25) is 4.79 Å². The highest BCUT2D eigenvalue weighted by Crippen LogP contribution is 2.28. The Morgan fingerprint density at radius 2 is 2.11 bits per heavy atom. The molecule has 0 fully saturated rings. The second kappa shape index (κ2) is 4.56. The Morgan fingerprint density at radius 3 is 2.78 bits per heavy atom. The van der Waals surface area contributed by atoms with E-state index < -0.39 is 11.6 Å². The summed E-state index contributed by atoms with van der Waals surface area (Å²) in [5.74, 6) is -1.56. The lowest BCUT2D eigenvalue weighted by molar-refractivity contribution is 0.112. The highest BCUT2D eigenvalue weighted by Gasteiger charge is 2.16. The first-order valence-corrected chi connectivity index (χ1v) is 5.14. The molecular weight excluding hydrogens is 242 g/mol. The monoisotopic (exact) mass is 252 g/mol. The maximum Gasteiger partial charge on any atom is 0.228 e. The molecule has 94 valence electrons. The standard InChI is InChI=1S/C12H10F2N2O2/c1-7-9(6-17)12(16(2)15-7)18-11-5-8(13)3-4-10(11)14/h3-6H,1-2H3. The predicted octanol–water partition coefficient (Wildman–Crippen LogP) is 2.61. The number of halogens is 2. The van der Waals surface area contributed by atoms with E-state index in [9.17, 15) is 13.6 Å². The first-order valence-electron chi connectivity index (χ1n) is 5.14. The molecule has 0 aliphatic rings. The van der Waals surface area contributed by atoms with Crippen LogP contribution in [0.2, 0.25) is 0 Å². The van der Waals surface area contributed by atoms with E-state index in [2.05, 4.69) is 5.10 Å². The molecule has 0 atom stereocenters. The van der Waals surface area contributed by atoms with Crippen molar-refractivity contribution in [3.8, 4) is 11.6 Å². The zero-order valence-corrected chi connectivity index (χ0v) is 9.78. The normalized spacial score (nSPS) is 10.4. The van der Waals surface area contributed by atoms with Gasteiger partial charge in [0.25, 0.3) is 0 Å². The lowest BCUT2D eigenvalue weighted by Gasteiger charge is -2.07. The summed E-state index contributed by atoms with van der Waals surface area (Å²) < 4.78 is 32.9. The molecule has 0 spiro atoms. The molecule has 1 heterocycles. The van der Waals surface area contributed by atoms with Crippen LogP contribution in [0.3, 0.4) is 0 Å².